The van der Waals surface area contributed by atoms with Crippen LogP contribution in [0.5, 0.6) is 0 Å². The Hall–Kier alpha value is -2.89. The molecule has 2 heterocycles. The van der Waals surface area contributed by atoms with E-state index < -0.39 is 18.0 Å². The second kappa shape index (κ2) is 6.70. The van der Waals surface area contributed by atoms with Crippen molar-refractivity contribution in [3.05, 3.63) is 53.4 Å². The Morgan fingerprint density at radius 2 is 2.08 bits per heavy atom. The molecule has 0 radical (unpaired) electrons. The molecule has 0 spiro atoms. The first-order valence-corrected chi connectivity index (χ1v) is 7.73. The van der Waals surface area contributed by atoms with Crippen molar-refractivity contribution in [1.29, 1.82) is 0 Å². The van der Waals surface area contributed by atoms with Gasteiger partial charge in [-0.05, 0) is 32.1 Å². The Labute approximate surface area is 139 Å². The molecule has 24 heavy (non-hydrogen) atoms. The highest BCUT2D eigenvalue weighted by molar-refractivity contribution is 5.90. The average molecular weight is 326 g/mol. The van der Waals surface area contributed by atoms with E-state index in [9.17, 15) is 9.59 Å². The van der Waals surface area contributed by atoms with Crippen LogP contribution in [0.2, 0.25) is 0 Å². The number of aromatic nitrogens is 2. The number of ether oxygens (including phenoxy) is 2. The van der Waals surface area contributed by atoms with Gasteiger partial charge >= 0.3 is 11.9 Å². The molecule has 1 aromatic carbocycles. The fourth-order valence-electron chi connectivity index (χ4n) is 2.63. The van der Waals surface area contributed by atoms with E-state index in [0.29, 0.717) is 13.0 Å². The third kappa shape index (κ3) is 3.22. The molecule has 0 saturated carbocycles. The van der Waals surface area contributed by atoms with Crippen LogP contribution in [-0.4, -0.2) is 34.4 Å². The molecule has 1 aliphatic heterocycles. The number of cyclic esters (lactones) is 1. The molecule has 6 nitrogen and oxygen atoms in total. The SMILES string of the molecule is Cc1nn(-c2ccccc2)c(C)c1/C=C/C(=O)O[C@H]1CCOC1=O. The van der Waals surface area contributed by atoms with Crippen LogP contribution < -0.4 is 0 Å². The van der Waals surface area contributed by atoms with Crippen molar-refractivity contribution in [3.8, 4) is 5.69 Å². The topological polar surface area (TPSA) is 70.4 Å². The lowest BCUT2D eigenvalue weighted by Crippen LogP contribution is -2.21. The third-order valence-electron chi connectivity index (χ3n) is 3.88. The first-order chi connectivity index (χ1) is 11.6. The molecule has 1 aliphatic rings. The maximum absolute atomic E-state index is 11.9. The minimum atomic E-state index is -0.795. The molecule has 124 valence electrons. The van der Waals surface area contributed by atoms with E-state index >= 15 is 0 Å². The number of esters is 2. The highest BCUT2D eigenvalue weighted by Gasteiger charge is 2.29. The van der Waals surface area contributed by atoms with E-state index in [4.69, 9.17) is 9.47 Å². The number of para-hydroxylation sites is 1. The van der Waals surface area contributed by atoms with E-state index in [1.807, 2.05) is 48.9 Å². The summed E-state index contributed by atoms with van der Waals surface area (Å²) in [6, 6.07) is 9.76. The molecule has 0 unspecified atom stereocenters. The Balaban J connectivity index is 1.76. The summed E-state index contributed by atoms with van der Waals surface area (Å²) in [5, 5.41) is 4.51. The van der Waals surface area contributed by atoms with Crippen molar-refractivity contribution in [3.63, 3.8) is 0 Å². The molecule has 0 aliphatic carbocycles. The molecule has 1 atom stereocenters. The second-order valence-corrected chi connectivity index (χ2v) is 5.55. The summed E-state index contributed by atoms with van der Waals surface area (Å²) < 4.78 is 11.7. The number of rotatable bonds is 4. The Morgan fingerprint density at radius 3 is 2.75 bits per heavy atom. The zero-order valence-electron chi connectivity index (χ0n) is 13.6. The molecule has 2 aromatic rings. The van der Waals surface area contributed by atoms with Gasteiger partial charge in [0.1, 0.15) is 0 Å². The number of aryl methyl sites for hydroxylation is 1. The number of nitrogens with zero attached hydrogens (tertiary/aromatic N) is 2. The van der Waals surface area contributed by atoms with Crippen molar-refractivity contribution < 1.29 is 19.1 Å². The van der Waals surface area contributed by atoms with Gasteiger partial charge in [-0.1, -0.05) is 18.2 Å². The van der Waals surface area contributed by atoms with Gasteiger partial charge in [-0.25, -0.2) is 14.3 Å². The summed E-state index contributed by atoms with van der Waals surface area (Å²) in [6.45, 7) is 4.11. The zero-order chi connectivity index (χ0) is 17.1. The molecule has 1 aromatic heterocycles. The smallest absolute Gasteiger partial charge is 0.347 e. The molecule has 1 saturated heterocycles. The van der Waals surface area contributed by atoms with E-state index in [0.717, 1.165) is 22.6 Å². The quantitative estimate of drug-likeness (QED) is 0.637. The maximum Gasteiger partial charge on any atom is 0.347 e. The van der Waals surface area contributed by atoms with Crippen LogP contribution in [0.4, 0.5) is 0 Å². The summed E-state index contributed by atoms with van der Waals surface area (Å²) in [4.78, 5) is 23.2. The number of carbonyl (C=O) groups is 2. The Morgan fingerprint density at radius 1 is 1.33 bits per heavy atom. The predicted octanol–water partition coefficient (Wildman–Crippen LogP) is 2.36. The van der Waals surface area contributed by atoms with Crippen LogP contribution in [0.25, 0.3) is 11.8 Å². The normalized spacial score (nSPS) is 17.2. The molecule has 1 fully saturated rings. The summed E-state index contributed by atoms with van der Waals surface area (Å²) in [7, 11) is 0. The number of hydrogen-bond acceptors (Lipinski definition) is 5. The molecule has 6 heteroatoms. The van der Waals surface area contributed by atoms with Crippen molar-refractivity contribution in [2.75, 3.05) is 6.61 Å². The van der Waals surface area contributed by atoms with Gasteiger partial charge in [-0.2, -0.15) is 5.10 Å². The first kappa shape index (κ1) is 16.0. The lowest BCUT2D eigenvalue weighted by atomic mass is 10.2. The Kier molecular flexibility index (Phi) is 4.46. The van der Waals surface area contributed by atoms with Crippen LogP contribution >= 0.6 is 0 Å². The average Bonchev–Trinajstić information content (AvgIpc) is 3.10. The predicted molar refractivity (Wildman–Crippen MR) is 87.5 cm³/mol. The number of benzene rings is 1. The first-order valence-electron chi connectivity index (χ1n) is 7.73. The lowest BCUT2D eigenvalue weighted by Gasteiger charge is -2.05. The minimum Gasteiger partial charge on any atom is -0.463 e. The molecule has 0 N–H and O–H groups in total. The van der Waals surface area contributed by atoms with Gasteiger partial charge in [-0.15, -0.1) is 0 Å². The van der Waals surface area contributed by atoms with Gasteiger partial charge in [-0.3, -0.25) is 0 Å². The second-order valence-electron chi connectivity index (χ2n) is 5.55. The van der Waals surface area contributed by atoms with Crippen molar-refractivity contribution >= 4 is 18.0 Å². The summed E-state index contributed by atoms with van der Waals surface area (Å²) in [6.07, 6.45) is 2.59. The highest BCUT2D eigenvalue weighted by Crippen LogP contribution is 2.19. The van der Waals surface area contributed by atoms with Crippen LogP contribution in [0.3, 0.4) is 0 Å². The van der Waals surface area contributed by atoms with E-state index in [2.05, 4.69) is 5.10 Å². The van der Waals surface area contributed by atoms with Gasteiger partial charge in [0.05, 0.1) is 18.0 Å². The largest absolute Gasteiger partial charge is 0.463 e. The van der Waals surface area contributed by atoms with Gasteiger partial charge in [0.2, 0.25) is 6.10 Å². The third-order valence-corrected chi connectivity index (χ3v) is 3.88. The summed E-state index contributed by atoms with van der Waals surface area (Å²) in [5.74, 6) is -1.05. The van der Waals surface area contributed by atoms with Crippen LogP contribution in [0.15, 0.2) is 36.4 Å². The van der Waals surface area contributed by atoms with E-state index in [1.54, 1.807) is 6.08 Å². The Bertz CT molecular complexity index is 793. The van der Waals surface area contributed by atoms with Crippen LogP contribution in [-0.2, 0) is 19.1 Å². The molecule has 0 amide bonds. The number of hydrogen-bond donors (Lipinski definition) is 0. The van der Waals surface area contributed by atoms with Crippen molar-refractivity contribution in [2.24, 2.45) is 0 Å². The minimum absolute atomic E-state index is 0.294. The molecule has 3 rings (SSSR count). The fraction of sp³-hybridized carbons (Fsp3) is 0.278. The molecule has 0 bridgehead atoms. The molecular weight excluding hydrogens is 308 g/mol. The highest BCUT2D eigenvalue weighted by atomic mass is 16.6. The van der Waals surface area contributed by atoms with Gasteiger partial charge in [0.25, 0.3) is 0 Å². The maximum atomic E-state index is 11.9. The summed E-state index contributed by atoms with van der Waals surface area (Å²) >= 11 is 0. The zero-order valence-corrected chi connectivity index (χ0v) is 13.6. The standard InChI is InChI=1S/C18H18N2O4/c1-12-15(8-9-17(21)24-16-10-11-23-18(16)22)13(2)20(19-12)14-6-4-3-5-7-14/h3-9,16H,10-11H2,1-2H3/b9-8+/t16-/m0/s1. The van der Waals surface area contributed by atoms with Crippen LogP contribution in [0.1, 0.15) is 23.4 Å². The fourth-order valence-corrected chi connectivity index (χ4v) is 2.63. The van der Waals surface area contributed by atoms with Crippen molar-refractivity contribution in [1.82, 2.24) is 9.78 Å². The van der Waals surface area contributed by atoms with E-state index in [-0.39, 0.29) is 0 Å². The monoisotopic (exact) mass is 326 g/mol. The number of carbonyl (C=O) groups excluding carboxylic acids is 2. The van der Waals surface area contributed by atoms with Crippen molar-refractivity contribution in [2.45, 2.75) is 26.4 Å². The van der Waals surface area contributed by atoms with E-state index in [1.165, 1.54) is 6.08 Å². The van der Waals surface area contributed by atoms with Gasteiger partial charge in [0, 0.05) is 23.8 Å². The van der Waals surface area contributed by atoms with Gasteiger partial charge < -0.3 is 9.47 Å². The lowest BCUT2D eigenvalue weighted by molar-refractivity contribution is -0.156. The van der Waals surface area contributed by atoms with Gasteiger partial charge in [0.15, 0.2) is 0 Å². The summed E-state index contributed by atoms with van der Waals surface area (Å²) in [5.41, 5.74) is 3.53. The van der Waals surface area contributed by atoms with Crippen LogP contribution in [0, 0.1) is 13.8 Å². The molecular formula is C18H18N2O4.